The Morgan fingerprint density at radius 2 is 2.14 bits per heavy atom. The van der Waals surface area contributed by atoms with E-state index >= 15 is 0 Å². The van der Waals surface area contributed by atoms with Crippen molar-refractivity contribution in [3.05, 3.63) is 12.2 Å². The van der Waals surface area contributed by atoms with Gasteiger partial charge in [0.2, 0.25) is 0 Å². The Balaban J connectivity index is 1.86. The van der Waals surface area contributed by atoms with Crippen LogP contribution in [0.4, 0.5) is 0 Å². The van der Waals surface area contributed by atoms with Crippen LogP contribution in [0.25, 0.3) is 0 Å². The molecule has 2 heteroatoms. The van der Waals surface area contributed by atoms with Crippen molar-refractivity contribution in [2.75, 3.05) is 32.7 Å². The molecule has 0 radical (unpaired) electrons. The van der Waals surface area contributed by atoms with Crippen LogP contribution in [0.2, 0.25) is 0 Å². The quantitative estimate of drug-likeness (QED) is 0.495. The zero-order chi connectivity index (χ0) is 10.1. The maximum Gasteiger partial charge on any atom is 0.0163 e. The molecule has 82 valence electrons. The number of hydrogen-bond acceptors (Lipinski definition) is 2. The Morgan fingerprint density at radius 1 is 1.21 bits per heavy atom. The Bertz CT molecular complexity index is 154. The van der Waals surface area contributed by atoms with E-state index in [1.165, 1.54) is 58.4 Å². The highest BCUT2D eigenvalue weighted by molar-refractivity contribution is 4.90. The van der Waals surface area contributed by atoms with Gasteiger partial charge in [0.1, 0.15) is 0 Å². The third-order valence-corrected chi connectivity index (χ3v) is 2.65. The summed E-state index contributed by atoms with van der Waals surface area (Å²) in [5.41, 5.74) is 0. The van der Waals surface area contributed by atoms with Gasteiger partial charge in [0.25, 0.3) is 0 Å². The molecular formula is C12H24N2. The van der Waals surface area contributed by atoms with Crippen molar-refractivity contribution < 1.29 is 0 Å². The molecule has 0 spiro atoms. The molecule has 0 aromatic carbocycles. The van der Waals surface area contributed by atoms with E-state index in [1.807, 2.05) is 0 Å². The van der Waals surface area contributed by atoms with Gasteiger partial charge in [0, 0.05) is 13.1 Å². The molecule has 0 saturated carbocycles. The third-order valence-electron chi connectivity index (χ3n) is 2.65. The van der Waals surface area contributed by atoms with Crippen LogP contribution in [0.3, 0.4) is 0 Å². The Hall–Kier alpha value is -0.340. The van der Waals surface area contributed by atoms with Crippen molar-refractivity contribution in [1.82, 2.24) is 10.2 Å². The number of hydrogen-bond donors (Lipinski definition) is 1. The summed E-state index contributed by atoms with van der Waals surface area (Å²) in [6, 6.07) is 0. The lowest BCUT2D eigenvalue weighted by Crippen LogP contribution is -2.28. The second-order valence-electron chi connectivity index (χ2n) is 4.02. The van der Waals surface area contributed by atoms with Gasteiger partial charge in [-0.25, -0.2) is 0 Å². The van der Waals surface area contributed by atoms with Gasteiger partial charge >= 0.3 is 0 Å². The van der Waals surface area contributed by atoms with Gasteiger partial charge in [-0.1, -0.05) is 19.1 Å². The zero-order valence-electron chi connectivity index (χ0n) is 9.47. The molecule has 1 aliphatic rings. The third kappa shape index (κ3) is 5.40. The molecule has 0 aliphatic carbocycles. The smallest absolute Gasteiger partial charge is 0.0163 e. The number of unbranched alkanes of at least 4 members (excludes halogenated alkanes) is 1. The van der Waals surface area contributed by atoms with Gasteiger partial charge in [-0.15, -0.1) is 0 Å². The SMILES string of the molecule is CCCNCCCCN1CC=CCC1. The van der Waals surface area contributed by atoms with Crippen LogP contribution < -0.4 is 5.32 Å². The zero-order valence-corrected chi connectivity index (χ0v) is 9.47. The summed E-state index contributed by atoms with van der Waals surface area (Å²) in [4.78, 5) is 2.54. The lowest BCUT2D eigenvalue weighted by molar-refractivity contribution is 0.291. The minimum absolute atomic E-state index is 1.17. The molecule has 14 heavy (non-hydrogen) atoms. The first-order valence-electron chi connectivity index (χ1n) is 6.01. The first-order chi connectivity index (χ1) is 6.93. The molecule has 1 N–H and O–H groups in total. The normalized spacial score (nSPS) is 17.5. The summed E-state index contributed by atoms with van der Waals surface area (Å²) >= 11 is 0. The van der Waals surface area contributed by atoms with Crippen LogP contribution in [0.15, 0.2) is 12.2 Å². The van der Waals surface area contributed by atoms with E-state index in [-0.39, 0.29) is 0 Å². The Kier molecular flexibility index (Phi) is 6.71. The standard InChI is InChI=1S/C12H24N2/c1-2-8-13-9-4-7-12-14-10-5-3-6-11-14/h3,5,13H,2,4,6-12H2,1H3. The van der Waals surface area contributed by atoms with Gasteiger partial charge < -0.3 is 5.32 Å². The van der Waals surface area contributed by atoms with E-state index in [0.717, 1.165) is 0 Å². The molecule has 0 aromatic heterocycles. The van der Waals surface area contributed by atoms with Crippen molar-refractivity contribution in [3.8, 4) is 0 Å². The molecule has 0 saturated heterocycles. The monoisotopic (exact) mass is 196 g/mol. The minimum atomic E-state index is 1.17. The summed E-state index contributed by atoms with van der Waals surface area (Å²) in [7, 11) is 0. The molecule has 0 unspecified atom stereocenters. The van der Waals surface area contributed by atoms with Crippen LogP contribution in [0, 0.1) is 0 Å². The van der Waals surface area contributed by atoms with E-state index in [0.29, 0.717) is 0 Å². The highest BCUT2D eigenvalue weighted by atomic mass is 15.1. The molecule has 1 rings (SSSR count). The highest BCUT2D eigenvalue weighted by Crippen LogP contribution is 2.02. The topological polar surface area (TPSA) is 15.3 Å². The lowest BCUT2D eigenvalue weighted by Gasteiger charge is -2.22. The summed E-state index contributed by atoms with van der Waals surface area (Å²) in [6.45, 7) is 8.29. The Morgan fingerprint density at radius 3 is 2.86 bits per heavy atom. The van der Waals surface area contributed by atoms with Gasteiger partial charge in [-0.3, -0.25) is 4.90 Å². The molecule has 0 fully saturated rings. The molecular weight excluding hydrogens is 172 g/mol. The summed E-state index contributed by atoms with van der Waals surface area (Å²) < 4.78 is 0. The van der Waals surface area contributed by atoms with Crippen molar-refractivity contribution in [3.63, 3.8) is 0 Å². The maximum atomic E-state index is 3.44. The fourth-order valence-electron chi connectivity index (χ4n) is 1.78. The molecule has 1 heterocycles. The predicted molar refractivity (Wildman–Crippen MR) is 62.6 cm³/mol. The van der Waals surface area contributed by atoms with Gasteiger partial charge in [-0.05, 0) is 45.3 Å². The van der Waals surface area contributed by atoms with E-state index in [4.69, 9.17) is 0 Å². The lowest BCUT2D eigenvalue weighted by atomic mass is 10.2. The van der Waals surface area contributed by atoms with Crippen molar-refractivity contribution in [2.45, 2.75) is 32.6 Å². The van der Waals surface area contributed by atoms with E-state index in [2.05, 4.69) is 29.3 Å². The second kappa shape index (κ2) is 8.01. The van der Waals surface area contributed by atoms with Gasteiger partial charge in [0.05, 0.1) is 0 Å². The number of nitrogens with one attached hydrogen (secondary N) is 1. The van der Waals surface area contributed by atoms with Crippen molar-refractivity contribution >= 4 is 0 Å². The first-order valence-corrected chi connectivity index (χ1v) is 6.01. The molecule has 2 nitrogen and oxygen atoms in total. The van der Waals surface area contributed by atoms with Crippen molar-refractivity contribution in [1.29, 1.82) is 0 Å². The van der Waals surface area contributed by atoms with Crippen LogP contribution in [0.1, 0.15) is 32.6 Å². The van der Waals surface area contributed by atoms with E-state index in [9.17, 15) is 0 Å². The number of rotatable bonds is 7. The fourth-order valence-corrected chi connectivity index (χ4v) is 1.78. The Labute approximate surface area is 88.4 Å². The molecule has 0 amide bonds. The van der Waals surface area contributed by atoms with Crippen LogP contribution in [0.5, 0.6) is 0 Å². The minimum Gasteiger partial charge on any atom is -0.317 e. The van der Waals surface area contributed by atoms with Crippen LogP contribution >= 0.6 is 0 Å². The van der Waals surface area contributed by atoms with E-state index in [1.54, 1.807) is 0 Å². The fraction of sp³-hybridized carbons (Fsp3) is 0.833. The summed E-state index contributed by atoms with van der Waals surface area (Å²) in [5.74, 6) is 0. The maximum absolute atomic E-state index is 3.44. The molecule has 0 bridgehead atoms. The average Bonchev–Trinajstić information content (AvgIpc) is 2.25. The second-order valence-corrected chi connectivity index (χ2v) is 4.02. The van der Waals surface area contributed by atoms with Gasteiger partial charge in [-0.2, -0.15) is 0 Å². The first kappa shape index (κ1) is 11.7. The highest BCUT2D eigenvalue weighted by Gasteiger charge is 2.04. The van der Waals surface area contributed by atoms with Crippen molar-refractivity contribution in [2.24, 2.45) is 0 Å². The predicted octanol–water partition coefficient (Wildman–Crippen LogP) is 2.03. The summed E-state index contributed by atoms with van der Waals surface area (Å²) in [6.07, 6.45) is 9.73. The number of nitrogens with zero attached hydrogens (tertiary/aromatic N) is 1. The average molecular weight is 196 g/mol. The van der Waals surface area contributed by atoms with E-state index < -0.39 is 0 Å². The largest absolute Gasteiger partial charge is 0.317 e. The molecule has 0 aromatic rings. The molecule has 0 atom stereocenters. The van der Waals surface area contributed by atoms with Crippen LogP contribution in [-0.4, -0.2) is 37.6 Å². The summed E-state index contributed by atoms with van der Waals surface area (Å²) in [5, 5.41) is 3.44. The molecule has 1 aliphatic heterocycles. The van der Waals surface area contributed by atoms with Gasteiger partial charge in [0.15, 0.2) is 0 Å². The van der Waals surface area contributed by atoms with Crippen LogP contribution in [-0.2, 0) is 0 Å².